The van der Waals surface area contributed by atoms with Gasteiger partial charge in [0, 0.05) is 31.2 Å². The van der Waals surface area contributed by atoms with Crippen molar-refractivity contribution in [2.24, 2.45) is 0 Å². The molecule has 2 aromatic rings. The lowest BCUT2D eigenvalue weighted by molar-refractivity contribution is 0.124. The van der Waals surface area contributed by atoms with E-state index in [4.69, 9.17) is 27.7 Å². The zero-order chi connectivity index (χ0) is 18.2. The van der Waals surface area contributed by atoms with Gasteiger partial charge >= 0.3 is 0 Å². The Morgan fingerprint density at radius 1 is 1.20 bits per heavy atom. The van der Waals surface area contributed by atoms with E-state index in [1.54, 1.807) is 13.0 Å². The number of benzene rings is 1. The van der Waals surface area contributed by atoms with Gasteiger partial charge in [-0.3, -0.25) is 4.90 Å². The topological polar surface area (TPSA) is 79.5 Å². The SMILES string of the molecule is Cc1noc(C(C)N2CCN(S(=O)(=O)c3cc(Cl)ccc3Cl)CC2)n1. The van der Waals surface area contributed by atoms with Gasteiger partial charge in [0.1, 0.15) is 4.90 Å². The Hall–Kier alpha value is -1.19. The lowest BCUT2D eigenvalue weighted by atomic mass is 10.2. The van der Waals surface area contributed by atoms with E-state index in [9.17, 15) is 8.42 Å². The molecule has 1 atom stereocenters. The fraction of sp³-hybridized carbons (Fsp3) is 0.467. The molecule has 1 aliphatic heterocycles. The second-order valence-corrected chi connectivity index (χ2v) is 8.62. The Morgan fingerprint density at radius 2 is 1.88 bits per heavy atom. The molecule has 10 heteroatoms. The van der Waals surface area contributed by atoms with Gasteiger partial charge in [0.2, 0.25) is 15.9 Å². The number of rotatable bonds is 4. The van der Waals surface area contributed by atoms with Crippen molar-refractivity contribution in [3.63, 3.8) is 0 Å². The van der Waals surface area contributed by atoms with Crippen molar-refractivity contribution in [3.05, 3.63) is 40.0 Å². The normalized spacial score (nSPS) is 18.4. The van der Waals surface area contributed by atoms with Crippen molar-refractivity contribution in [1.82, 2.24) is 19.3 Å². The molecule has 136 valence electrons. The van der Waals surface area contributed by atoms with E-state index in [1.165, 1.54) is 16.4 Å². The fourth-order valence-electron chi connectivity index (χ4n) is 2.78. The number of halogens is 2. The molecule has 0 aliphatic carbocycles. The van der Waals surface area contributed by atoms with Gasteiger partial charge in [-0.2, -0.15) is 9.29 Å². The van der Waals surface area contributed by atoms with Crippen LogP contribution in [0.25, 0.3) is 0 Å². The number of hydrogen-bond acceptors (Lipinski definition) is 6. The molecule has 1 unspecified atom stereocenters. The first-order valence-electron chi connectivity index (χ1n) is 7.78. The lowest BCUT2D eigenvalue weighted by Crippen LogP contribution is -2.49. The molecular formula is C15H18Cl2N4O3S. The highest BCUT2D eigenvalue weighted by Crippen LogP contribution is 2.29. The Bertz CT molecular complexity index is 863. The van der Waals surface area contributed by atoms with Crippen LogP contribution in [-0.4, -0.2) is 53.9 Å². The van der Waals surface area contributed by atoms with E-state index >= 15 is 0 Å². The summed E-state index contributed by atoms with van der Waals surface area (Å²) in [7, 11) is -3.69. The average molecular weight is 405 g/mol. The minimum absolute atomic E-state index is 0.0377. The van der Waals surface area contributed by atoms with Crippen LogP contribution in [-0.2, 0) is 10.0 Å². The average Bonchev–Trinajstić information content (AvgIpc) is 3.03. The zero-order valence-corrected chi connectivity index (χ0v) is 16.1. The Balaban J connectivity index is 1.72. The minimum atomic E-state index is -3.69. The van der Waals surface area contributed by atoms with Crippen LogP contribution in [0.4, 0.5) is 0 Å². The van der Waals surface area contributed by atoms with Crippen LogP contribution in [0, 0.1) is 6.92 Å². The fourth-order valence-corrected chi connectivity index (χ4v) is 4.94. The minimum Gasteiger partial charge on any atom is -0.338 e. The number of hydrogen-bond donors (Lipinski definition) is 0. The van der Waals surface area contributed by atoms with E-state index in [2.05, 4.69) is 15.0 Å². The molecular weight excluding hydrogens is 387 g/mol. The second-order valence-electron chi connectivity index (χ2n) is 5.87. The number of sulfonamides is 1. The zero-order valence-electron chi connectivity index (χ0n) is 13.8. The molecule has 7 nitrogen and oxygen atoms in total. The highest BCUT2D eigenvalue weighted by atomic mass is 35.5. The molecule has 3 rings (SSSR count). The summed E-state index contributed by atoms with van der Waals surface area (Å²) in [5.41, 5.74) is 0. The Kier molecular flexibility index (Phi) is 5.36. The van der Waals surface area contributed by atoms with Crippen LogP contribution in [0.5, 0.6) is 0 Å². The van der Waals surface area contributed by atoms with Gasteiger partial charge in [-0.15, -0.1) is 0 Å². The second kappa shape index (κ2) is 7.20. The maximum atomic E-state index is 12.8. The monoisotopic (exact) mass is 404 g/mol. The largest absolute Gasteiger partial charge is 0.338 e. The van der Waals surface area contributed by atoms with Crippen molar-refractivity contribution in [2.45, 2.75) is 24.8 Å². The molecule has 0 spiro atoms. The Labute approximate surface area is 156 Å². The Morgan fingerprint density at radius 3 is 2.48 bits per heavy atom. The number of aromatic nitrogens is 2. The van der Waals surface area contributed by atoms with Gasteiger partial charge in [0.25, 0.3) is 0 Å². The van der Waals surface area contributed by atoms with Crippen molar-refractivity contribution in [3.8, 4) is 0 Å². The molecule has 0 saturated carbocycles. The number of aryl methyl sites for hydroxylation is 1. The highest BCUT2D eigenvalue weighted by Gasteiger charge is 2.32. The van der Waals surface area contributed by atoms with E-state index in [0.717, 1.165) is 0 Å². The van der Waals surface area contributed by atoms with Gasteiger partial charge in [-0.25, -0.2) is 8.42 Å². The molecule has 25 heavy (non-hydrogen) atoms. The van der Waals surface area contributed by atoms with Crippen molar-refractivity contribution in [2.75, 3.05) is 26.2 Å². The molecule has 1 aliphatic rings. The molecule has 1 aromatic heterocycles. The molecule has 2 heterocycles. The molecule has 0 radical (unpaired) electrons. The van der Waals surface area contributed by atoms with Gasteiger partial charge in [0.05, 0.1) is 11.1 Å². The molecule has 0 amide bonds. The third kappa shape index (κ3) is 3.83. The van der Waals surface area contributed by atoms with Crippen LogP contribution >= 0.6 is 23.2 Å². The first kappa shape index (κ1) is 18.6. The smallest absolute Gasteiger partial charge is 0.244 e. The first-order valence-corrected chi connectivity index (χ1v) is 9.98. The first-order chi connectivity index (χ1) is 11.8. The van der Waals surface area contributed by atoms with Crippen LogP contribution in [0.3, 0.4) is 0 Å². The summed E-state index contributed by atoms with van der Waals surface area (Å²) in [6.45, 7) is 5.54. The molecule has 1 saturated heterocycles. The molecule has 1 aromatic carbocycles. The summed E-state index contributed by atoms with van der Waals surface area (Å²) in [6.07, 6.45) is 0. The van der Waals surface area contributed by atoms with E-state index < -0.39 is 10.0 Å². The summed E-state index contributed by atoms with van der Waals surface area (Å²) in [4.78, 5) is 6.39. The quantitative estimate of drug-likeness (QED) is 0.779. The van der Waals surface area contributed by atoms with Crippen LogP contribution in [0.15, 0.2) is 27.6 Å². The summed E-state index contributed by atoms with van der Waals surface area (Å²) < 4.78 is 32.3. The summed E-state index contributed by atoms with van der Waals surface area (Å²) in [5, 5.41) is 4.30. The van der Waals surface area contributed by atoms with Crippen molar-refractivity contribution < 1.29 is 12.9 Å². The molecule has 0 N–H and O–H groups in total. The van der Waals surface area contributed by atoms with E-state index in [1.807, 2.05) is 6.92 Å². The highest BCUT2D eigenvalue weighted by molar-refractivity contribution is 7.89. The summed E-state index contributed by atoms with van der Waals surface area (Å²) in [6, 6.07) is 4.37. The van der Waals surface area contributed by atoms with E-state index in [-0.39, 0.29) is 16.0 Å². The van der Waals surface area contributed by atoms with Crippen LogP contribution in [0.1, 0.15) is 24.7 Å². The lowest BCUT2D eigenvalue weighted by Gasteiger charge is -2.36. The summed E-state index contributed by atoms with van der Waals surface area (Å²) in [5.74, 6) is 1.12. The van der Waals surface area contributed by atoms with Gasteiger partial charge in [-0.05, 0) is 32.0 Å². The van der Waals surface area contributed by atoms with Gasteiger partial charge < -0.3 is 4.52 Å². The van der Waals surface area contributed by atoms with Crippen LogP contribution in [0.2, 0.25) is 10.0 Å². The molecule has 0 bridgehead atoms. The van der Waals surface area contributed by atoms with Crippen molar-refractivity contribution >= 4 is 33.2 Å². The third-order valence-electron chi connectivity index (χ3n) is 4.23. The van der Waals surface area contributed by atoms with Gasteiger partial charge in [0.15, 0.2) is 5.82 Å². The molecule has 1 fully saturated rings. The predicted octanol–water partition coefficient (Wildman–Crippen LogP) is 2.75. The van der Waals surface area contributed by atoms with Gasteiger partial charge in [-0.1, -0.05) is 28.4 Å². The maximum Gasteiger partial charge on any atom is 0.244 e. The van der Waals surface area contributed by atoms with Crippen molar-refractivity contribution in [1.29, 1.82) is 0 Å². The standard InChI is InChI=1S/C15H18Cl2N4O3S/c1-10(15-18-11(2)19-24-15)20-5-7-21(8-6-20)25(22,23)14-9-12(16)3-4-13(14)17/h3-4,9-10H,5-8H2,1-2H3. The van der Waals surface area contributed by atoms with Crippen LogP contribution < -0.4 is 0 Å². The number of piperazine rings is 1. The maximum absolute atomic E-state index is 12.8. The summed E-state index contributed by atoms with van der Waals surface area (Å²) >= 11 is 12.0. The number of nitrogens with zero attached hydrogens (tertiary/aromatic N) is 4. The third-order valence-corrected chi connectivity index (χ3v) is 6.85. The predicted molar refractivity (Wildman–Crippen MR) is 94.2 cm³/mol. The van der Waals surface area contributed by atoms with E-state index in [0.29, 0.717) is 42.9 Å².